The summed E-state index contributed by atoms with van der Waals surface area (Å²) in [5.74, 6) is 1.68. The number of nitrogens with zero attached hydrogens (tertiary/aromatic N) is 3. The van der Waals surface area contributed by atoms with Gasteiger partial charge in [-0.25, -0.2) is 4.98 Å². The summed E-state index contributed by atoms with van der Waals surface area (Å²) >= 11 is 0. The minimum atomic E-state index is -0.152. The minimum absolute atomic E-state index is 0.152. The fourth-order valence-electron chi connectivity index (χ4n) is 2.70. The van der Waals surface area contributed by atoms with Crippen LogP contribution in [0.3, 0.4) is 0 Å². The molecule has 1 fully saturated rings. The molecule has 1 aliphatic rings. The van der Waals surface area contributed by atoms with Gasteiger partial charge in [0.05, 0.1) is 17.3 Å². The molecule has 3 aromatic rings. The predicted octanol–water partition coefficient (Wildman–Crippen LogP) is 3.02. The summed E-state index contributed by atoms with van der Waals surface area (Å²) in [5.41, 5.74) is 1.52. The number of pyridine rings is 1. The van der Waals surface area contributed by atoms with Crippen molar-refractivity contribution >= 4 is 40.2 Å². The Morgan fingerprint density at radius 3 is 2.80 bits per heavy atom. The van der Waals surface area contributed by atoms with Crippen molar-refractivity contribution in [2.24, 2.45) is 0 Å². The summed E-state index contributed by atoms with van der Waals surface area (Å²) in [6, 6.07) is 6.01. The number of H-pyrrole nitrogens is 1. The lowest BCUT2D eigenvalue weighted by Gasteiger charge is -2.27. The first kappa shape index (κ1) is 15.4. The summed E-state index contributed by atoms with van der Waals surface area (Å²) in [4.78, 5) is 27.5. The maximum atomic E-state index is 11.0. The zero-order valence-electron chi connectivity index (χ0n) is 13.8. The Morgan fingerprint density at radius 1 is 1.24 bits per heavy atom. The van der Waals surface area contributed by atoms with Gasteiger partial charge < -0.3 is 20.9 Å². The topological polar surface area (TPSA) is 108 Å². The average molecular weight is 337 g/mol. The lowest BCUT2D eigenvalue weighted by atomic mass is 9.93. The maximum Gasteiger partial charge on any atom is 0.231 e. The highest BCUT2D eigenvalue weighted by Gasteiger charge is 2.19. The van der Waals surface area contributed by atoms with Crippen LogP contribution in [0.15, 0.2) is 30.6 Å². The molecule has 3 aromatic heterocycles. The summed E-state index contributed by atoms with van der Waals surface area (Å²) in [6.07, 6.45) is 7.10. The van der Waals surface area contributed by atoms with Gasteiger partial charge in [-0.1, -0.05) is 0 Å². The quantitative estimate of drug-likeness (QED) is 0.570. The highest BCUT2D eigenvalue weighted by molar-refractivity contribution is 5.89. The van der Waals surface area contributed by atoms with Gasteiger partial charge in [0, 0.05) is 19.2 Å². The molecule has 128 valence electrons. The second kappa shape index (κ2) is 6.39. The monoisotopic (exact) mass is 337 g/mol. The number of aromatic amines is 1. The number of hydrogen-bond acceptors (Lipinski definition) is 6. The van der Waals surface area contributed by atoms with E-state index in [4.69, 9.17) is 0 Å². The fourth-order valence-corrected chi connectivity index (χ4v) is 2.70. The van der Waals surface area contributed by atoms with Gasteiger partial charge in [0.25, 0.3) is 0 Å². The van der Waals surface area contributed by atoms with Crippen LogP contribution in [0.4, 0.5) is 23.3 Å². The first-order valence-electron chi connectivity index (χ1n) is 8.30. The Hall–Kier alpha value is -3.16. The third-order valence-corrected chi connectivity index (χ3v) is 4.19. The normalized spacial score (nSPS) is 14.1. The van der Waals surface area contributed by atoms with Crippen molar-refractivity contribution in [3.8, 4) is 0 Å². The Labute approximate surface area is 144 Å². The average Bonchev–Trinajstić information content (AvgIpc) is 3.01. The van der Waals surface area contributed by atoms with Crippen LogP contribution >= 0.6 is 0 Å². The van der Waals surface area contributed by atoms with E-state index in [2.05, 4.69) is 35.9 Å². The van der Waals surface area contributed by atoms with Crippen molar-refractivity contribution < 1.29 is 4.79 Å². The van der Waals surface area contributed by atoms with Gasteiger partial charge in [-0.2, -0.15) is 9.97 Å². The molecular weight excluding hydrogens is 318 g/mol. The van der Waals surface area contributed by atoms with Crippen LogP contribution < -0.4 is 16.0 Å². The van der Waals surface area contributed by atoms with Gasteiger partial charge >= 0.3 is 0 Å². The van der Waals surface area contributed by atoms with E-state index in [1.165, 1.54) is 26.2 Å². The van der Waals surface area contributed by atoms with Crippen LogP contribution in [-0.4, -0.2) is 31.9 Å². The van der Waals surface area contributed by atoms with Crippen LogP contribution in [0, 0.1) is 0 Å². The van der Waals surface area contributed by atoms with Crippen molar-refractivity contribution in [2.75, 3.05) is 16.0 Å². The Morgan fingerprint density at radius 2 is 2.12 bits per heavy atom. The van der Waals surface area contributed by atoms with Crippen molar-refractivity contribution in [3.63, 3.8) is 0 Å². The van der Waals surface area contributed by atoms with E-state index in [1.807, 2.05) is 18.3 Å². The van der Waals surface area contributed by atoms with E-state index in [1.54, 1.807) is 12.3 Å². The van der Waals surface area contributed by atoms with Gasteiger partial charge in [-0.3, -0.25) is 4.79 Å². The number of anilines is 4. The van der Waals surface area contributed by atoms with Crippen LogP contribution in [-0.2, 0) is 4.79 Å². The molecule has 0 aromatic carbocycles. The highest BCUT2D eigenvalue weighted by Crippen LogP contribution is 2.28. The van der Waals surface area contributed by atoms with Crippen molar-refractivity contribution in [2.45, 2.75) is 32.2 Å². The van der Waals surface area contributed by atoms with E-state index in [-0.39, 0.29) is 5.91 Å². The second-order valence-electron chi connectivity index (χ2n) is 6.15. The first-order valence-corrected chi connectivity index (χ1v) is 8.30. The SMILES string of the molecule is CC(=O)Nc1ccc(Nc2nc(NC3CCC3)c3cc[nH]c3n2)cn1. The number of fused-ring (bicyclic) bond motifs is 1. The number of carbonyl (C=O) groups excluding carboxylic acids is 1. The molecule has 0 aliphatic heterocycles. The van der Waals surface area contributed by atoms with Gasteiger partial charge in [0.1, 0.15) is 17.3 Å². The number of nitrogens with one attached hydrogen (secondary N) is 4. The molecule has 1 aliphatic carbocycles. The van der Waals surface area contributed by atoms with E-state index >= 15 is 0 Å². The molecule has 4 N–H and O–H groups in total. The molecule has 0 atom stereocenters. The van der Waals surface area contributed by atoms with Crippen molar-refractivity contribution in [1.82, 2.24) is 19.9 Å². The van der Waals surface area contributed by atoms with Crippen molar-refractivity contribution in [3.05, 3.63) is 30.6 Å². The van der Waals surface area contributed by atoms with Gasteiger partial charge in [0.2, 0.25) is 11.9 Å². The molecule has 25 heavy (non-hydrogen) atoms. The van der Waals surface area contributed by atoms with E-state index < -0.39 is 0 Å². The summed E-state index contributed by atoms with van der Waals surface area (Å²) in [6.45, 7) is 1.45. The second-order valence-corrected chi connectivity index (χ2v) is 6.15. The van der Waals surface area contributed by atoms with Gasteiger partial charge in [-0.05, 0) is 37.5 Å². The van der Waals surface area contributed by atoms with Crippen LogP contribution in [0.5, 0.6) is 0 Å². The number of carbonyl (C=O) groups is 1. The van der Waals surface area contributed by atoms with E-state index in [0.29, 0.717) is 17.8 Å². The molecule has 1 saturated carbocycles. The summed E-state index contributed by atoms with van der Waals surface area (Å²) in [5, 5.41) is 10.3. The summed E-state index contributed by atoms with van der Waals surface area (Å²) < 4.78 is 0. The van der Waals surface area contributed by atoms with Crippen LogP contribution in [0.2, 0.25) is 0 Å². The molecule has 0 radical (unpaired) electrons. The third kappa shape index (κ3) is 3.37. The highest BCUT2D eigenvalue weighted by atomic mass is 16.1. The van der Waals surface area contributed by atoms with Gasteiger partial charge in [0.15, 0.2) is 0 Å². The van der Waals surface area contributed by atoms with E-state index in [0.717, 1.165) is 22.5 Å². The van der Waals surface area contributed by atoms with Gasteiger partial charge in [-0.15, -0.1) is 0 Å². The minimum Gasteiger partial charge on any atom is -0.367 e. The Balaban J connectivity index is 1.57. The molecule has 0 saturated heterocycles. The molecule has 3 heterocycles. The molecule has 8 nitrogen and oxygen atoms in total. The molecule has 4 rings (SSSR count). The molecule has 0 unspecified atom stereocenters. The molecule has 8 heteroatoms. The number of hydrogen-bond donors (Lipinski definition) is 4. The molecule has 0 bridgehead atoms. The smallest absolute Gasteiger partial charge is 0.231 e. The number of rotatable bonds is 5. The fraction of sp³-hybridized carbons (Fsp3) is 0.294. The molecular formula is C17H19N7O. The first-order chi connectivity index (χ1) is 12.2. The van der Waals surface area contributed by atoms with Crippen LogP contribution in [0.1, 0.15) is 26.2 Å². The molecule has 0 spiro atoms. The number of amides is 1. The molecule has 1 amide bonds. The lowest BCUT2D eigenvalue weighted by Crippen LogP contribution is -2.27. The van der Waals surface area contributed by atoms with E-state index in [9.17, 15) is 4.79 Å². The lowest BCUT2D eigenvalue weighted by molar-refractivity contribution is -0.114. The largest absolute Gasteiger partial charge is 0.367 e. The Kier molecular flexibility index (Phi) is 3.93. The zero-order valence-corrected chi connectivity index (χ0v) is 13.8. The number of aromatic nitrogens is 4. The van der Waals surface area contributed by atoms with Crippen molar-refractivity contribution in [1.29, 1.82) is 0 Å². The predicted molar refractivity (Wildman–Crippen MR) is 97.0 cm³/mol. The zero-order chi connectivity index (χ0) is 17.2. The Bertz CT molecular complexity index is 899. The summed E-state index contributed by atoms with van der Waals surface area (Å²) in [7, 11) is 0. The maximum absolute atomic E-state index is 11.0. The standard InChI is InChI=1S/C17H19N7O/c1-10(25)20-14-6-5-12(9-19-14)22-17-23-15-13(7-8-18-15)16(24-17)21-11-3-2-4-11/h5-9,11H,2-4H2,1H3,(H,19,20,25)(H3,18,21,22,23,24). The van der Waals surface area contributed by atoms with Crippen LogP contribution in [0.25, 0.3) is 11.0 Å². The third-order valence-electron chi connectivity index (χ3n) is 4.19.